The number of benzene rings is 1. The number of nitrogens with one attached hydrogen (secondary N) is 1. The molecule has 1 aromatic carbocycles. The fourth-order valence-corrected chi connectivity index (χ4v) is 5.85. The number of sulfonamides is 1. The number of aryl methyl sites for hydroxylation is 1. The van der Waals surface area contributed by atoms with Gasteiger partial charge in [0.05, 0.1) is 4.90 Å². The molecular weight excluding hydrogens is 410 g/mol. The lowest BCUT2D eigenvalue weighted by Crippen LogP contribution is -2.30. The second kappa shape index (κ2) is 7.74. The molecule has 0 atom stereocenters. The number of carbonyl (C=O) groups is 1. The Morgan fingerprint density at radius 3 is 2.59 bits per heavy atom. The zero-order valence-electron chi connectivity index (χ0n) is 16.1. The van der Waals surface area contributed by atoms with Gasteiger partial charge in [-0.1, -0.05) is 19.0 Å². The molecule has 7 nitrogen and oxygen atoms in total. The van der Waals surface area contributed by atoms with E-state index >= 15 is 0 Å². The van der Waals surface area contributed by atoms with Gasteiger partial charge in [-0.05, 0) is 48.6 Å². The molecule has 1 N–H and O–H groups in total. The summed E-state index contributed by atoms with van der Waals surface area (Å²) >= 11 is 1.68. The number of nitrogens with zero attached hydrogens (tertiary/aromatic N) is 2. The third-order valence-electron chi connectivity index (χ3n) is 5.05. The Balaban J connectivity index is 1.53. The Morgan fingerprint density at radius 1 is 1.17 bits per heavy atom. The van der Waals surface area contributed by atoms with E-state index in [2.05, 4.69) is 10.5 Å². The zero-order valence-corrected chi connectivity index (χ0v) is 17.8. The second-order valence-corrected chi connectivity index (χ2v) is 9.60. The molecule has 1 aliphatic rings. The fraction of sp³-hybridized carbons (Fsp3) is 0.300. The van der Waals surface area contributed by atoms with Gasteiger partial charge in [-0.3, -0.25) is 4.79 Å². The molecular formula is C20H21N3O4S2. The Morgan fingerprint density at radius 2 is 1.90 bits per heavy atom. The lowest BCUT2D eigenvalue weighted by molar-refractivity contribution is 0.101. The highest BCUT2D eigenvalue weighted by Gasteiger charge is 2.28. The number of thiophene rings is 1. The van der Waals surface area contributed by atoms with Gasteiger partial charge in [0.1, 0.15) is 0 Å². The monoisotopic (exact) mass is 431 g/mol. The van der Waals surface area contributed by atoms with E-state index in [1.807, 2.05) is 11.4 Å². The third-order valence-corrected chi connectivity index (χ3v) is 8.10. The van der Waals surface area contributed by atoms with Gasteiger partial charge >= 0.3 is 0 Å². The third kappa shape index (κ3) is 3.50. The minimum atomic E-state index is -3.53. The molecule has 0 bridgehead atoms. The van der Waals surface area contributed by atoms with Crippen molar-refractivity contribution < 1.29 is 17.7 Å². The maximum absolute atomic E-state index is 12.7. The van der Waals surface area contributed by atoms with Gasteiger partial charge in [0.15, 0.2) is 11.5 Å². The number of amides is 1. The van der Waals surface area contributed by atoms with Crippen LogP contribution >= 0.6 is 11.3 Å². The Labute approximate surface area is 173 Å². The lowest BCUT2D eigenvalue weighted by Gasteiger charge is -2.18. The van der Waals surface area contributed by atoms with Crippen LogP contribution in [0.3, 0.4) is 0 Å². The maximum Gasteiger partial charge on any atom is 0.278 e. The van der Waals surface area contributed by atoms with E-state index in [0.717, 1.165) is 17.5 Å². The van der Waals surface area contributed by atoms with E-state index in [4.69, 9.17) is 4.52 Å². The van der Waals surface area contributed by atoms with Crippen LogP contribution < -0.4 is 5.32 Å². The van der Waals surface area contributed by atoms with Crippen LogP contribution in [-0.4, -0.2) is 36.9 Å². The van der Waals surface area contributed by atoms with Crippen molar-refractivity contribution in [3.05, 3.63) is 51.8 Å². The van der Waals surface area contributed by atoms with Crippen LogP contribution in [0.15, 0.2) is 45.1 Å². The van der Waals surface area contributed by atoms with E-state index < -0.39 is 10.0 Å². The molecule has 0 saturated carbocycles. The number of fused-ring (bicyclic) bond motifs is 3. The first kappa shape index (κ1) is 19.8. The molecule has 0 aliphatic heterocycles. The molecule has 29 heavy (non-hydrogen) atoms. The van der Waals surface area contributed by atoms with Gasteiger partial charge < -0.3 is 9.84 Å². The SMILES string of the molecule is CCN(CC)S(=O)(=O)c1ccc(NC(=O)c2noc3c2CCc2sccc2-3)cc1. The molecule has 4 rings (SSSR count). The topological polar surface area (TPSA) is 92.5 Å². The van der Waals surface area contributed by atoms with Crippen LogP contribution in [0.4, 0.5) is 5.69 Å². The fourth-order valence-electron chi connectivity index (χ4n) is 3.52. The number of aromatic nitrogens is 1. The van der Waals surface area contributed by atoms with Gasteiger partial charge in [0.25, 0.3) is 5.91 Å². The van der Waals surface area contributed by atoms with Crippen molar-refractivity contribution in [2.75, 3.05) is 18.4 Å². The van der Waals surface area contributed by atoms with Crippen molar-refractivity contribution in [2.45, 2.75) is 31.6 Å². The molecule has 152 valence electrons. The van der Waals surface area contributed by atoms with Gasteiger partial charge in [-0.2, -0.15) is 4.31 Å². The minimum absolute atomic E-state index is 0.197. The summed E-state index contributed by atoms with van der Waals surface area (Å²) in [5, 5.41) is 8.78. The predicted molar refractivity (Wildman–Crippen MR) is 112 cm³/mol. The molecule has 1 amide bonds. The van der Waals surface area contributed by atoms with E-state index in [1.165, 1.54) is 21.3 Å². The number of carbonyl (C=O) groups excluding carboxylic acids is 1. The van der Waals surface area contributed by atoms with Crippen molar-refractivity contribution in [3.8, 4) is 11.3 Å². The number of rotatable bonds is 6. The molecule has 2 heterocycles. The molecule has 1 aliphatic carbocycles. The summed E-state index contributed by atoms with van der Waals surface area (Å²) in [5.74, 6) is 0.298. The molecule has 2 aromatic heterocycles. The minimum Gasteiger partial charge on any atom is -0.355 e. The highest BCUT2D eigenvalue weighted by molar-refractivity contribution is 7.89. The molecule has 0 saturated heterocycles. The van der Waals surface area contributed by atoms with Gasteiger partial charge in [-0.25, -0.2) is 8.42 Å². The van der Waals surface area contributed by atoms with E-state index in [0.29, 0.717) is 31.0 Å². The Hall–Kier alpha value is -2.49. The van der Waals surface area contributed by atoms with Crippen LogP contribution in [0.25, 0.3) is 11.3 Å². The molecule has 9 heteroatoms. The highest BCUT2D eigenvalue weighted by Crippen LogP contribution is 2.38. The number of anilines is 1. The Kier molecular flexibility index (Phi) is 5.28. The van der Waals surface area contributed by atoms with E-state index in [9.17, 15) is 13.2 Å². The second-order valence-electron chi connectivity index (χ2n) is 6.66. The van der Waals surface area contributed by atoms with Crippen molar-refractivity contribution in [3.63, 3.8) is 0 Å². The van der Waals surface area contributed by atoms with Crippen LogP contribution in [0, 0.1) is 0 Å². The van der Waals surface area contributed by atoms with Crippen LogP contribution in [0.5, 0.6) is 0 Å². The zero-order chi connectivity index (χ0) is 20.6. The number of hydrogen-bond acceptors (Lipinski definition) is 6. The summed E-state index contributed by atoms with van der Waals surface area (Å²) in [5.41, 5.74) is 2.59. The summed E-state index contributed by atoms with van der Waals surface area (Å²) in [6, 6.07) is 8.15. The smallest absolute Gasteiger partial charge is 0.278 e. The van der Waals surface area contributed by atoms with Gasteiger partial charge in [-0.15, -0.1) is 11.3 Å². The van der Waals surface area contributed by atoms with Gasteiger partial charge in [0.2, 0.25) is 10.0 Å². The lowest BCUT2D eigenvalue weighted by atomic mass is 9.95. The summed E-state index contributed by atoms with van der Waals surface area (Å²) in [7, 11) is -3.53. The van der Waals surface area contributed by atoms with E-state index in [1.54, 1.807) is 37.3 Å². The molecule has 3 aromatic rings. The highest BCUT2D eigenvalue weighted by atomic mass is 32.2. The maximum atomic E-state index is 12.7. The largest absolute Gasteiger partial charge is 0.355 e. The van der Waals surface area contributed by atoms with Gasteiger partial charge in [0, 0.05) is 34.8 Å². The quantitative estimate of drug-likeness (QED) is 0.641. The first-order chi connectivity index (χ1) is 14.0. The summed E-state index contributed by atoms with van der Waals surface area (Å²) in [4.78, 5) is 14.2. The average Bonchev–Trinajstić information content (AvgIpc) is 3.35. The van der Waals surface area contributed by atoms with Crippen LogP contribution in [-0.2, 0) is 22.9 Å². The van der Waals surface area contributed by atoms with Crippen molar-refractivity contribution in [1.29, 1.82) is 0 Å². The molecule has 0 radical (unpaired) electrons. The standard InChI is InChI=1S/C20H21N3O4S2/c1-3-23(4-2)29(25,26)14-7-5-13(6-8-14)21-20(24)18-16-9-10-17-15(11-12-28-17)19(16)27-22-18/h5-8,11-12H,3-4,9-10H2,1-2H3,(H,21,24). The van der Waals surface area contributed by atoms with Crippen molar-refractivity contribution in [2.24, 2.45) is 0 Å². The first-order valence-corrected chi connectivity index (χ1v) is 11.7. The van der Waals surface area contributed by atoms with Crippen LogP contribution in [0.2, 0.25) is 0 Å². The van der Waals surface area contributed by atoms with Crippen LogP contribution in [0.1, 0.15) is 34.8 Å². The van der Waals surface area contributed by atoms with Crippen molar-refractivity contribution in [1.82, 2.24) is 9.46 Å². The summed E-state index contributed by atoms with van der Waals surface area (Å²) in [6.45, 7) is 4.40. The molecule has 0 spiro atoms. The average molecular weight is 432 g/mol. The van der Waals surface area contributed by atoms with Crippen molar-refractivity contribution >= 4 is 33.0 Å². The van der Waals surface area contributed by atoms with E-state index in [-0.39, 0.29) is 16.5 Å². The Bertz CT molecular complexity index is 1140. The summed E-state index contributed by atoms with van der Waals surface area (Å²) in [6.07, 6.45) is 1.57. The summed E-state index contributed by atoms with van der Waals surface area (Å²) < 4.78 is 32.0. The predicted octanol–water partition coefficient (Wildman–Crippen LogP) is 3.78. The first-order valence-electron chi connectivity index (χ1n) is 9.42. The molecule has 0 unspecified atom stereocenters. The normalized spacial score (nSPS) is 13.2. The number of hydrogen-bond donors (Lipinski definition) is 1. The molecule has 0 fully saturated rings.